The quantitative estimate of drug-likeness (QED) is 0.611. The highest BCUT2D eigenvalue weighted by molar-refractivity contribution is 6.32. The van der Waals surface area contributed by atoms with Crippen molar-refractivity contribution >= 4 is 28.9 Å². The van der Waals surface area contributed by atoms with Crippen molar-refractivity contribution in [3.05, 3.63) is 94.5 Å². The molecule has 1 atom stereocenters. The fourth-order valence-corrected chi connectivity index (χ4v) is 3.68. The zero-order valence-electron chi connectivity index (χ0n) is 15.8. The number of hydrogen-bond donors (Lipinski definition) is 2. The van der Waals surface area contributed by atoms with E-state index in [0.717, 1.165) is 24.0 Å². The first-order valence-corrected chi connectivity index (χ1v) is 10.00. The Kier molecular flexibility index (Phi) is 5.63. The zero-order chi connectivity index (χ0) is 20.2. The van der Waals surface area contributed by atoms with Crippen LogP contribution in [0, 0.1) is 0 Å². The Morgan fingerprint density at radius 3 is 2.52 bits per heavy atom. The van der Waals surface area contributed by atoms with Crippen molar-refractivity contribution in [1.29, 1.82) is 0 Å². The largest absolute Gasteiger partial charge is 0.508 e. The minimum absolute atomic E-state index is 0.115. The number of benzodiazepines with no additional fused rings is 1. The Hall–Kier alpha value is -3.11. The third kappa shape index (κ3) is 4.49. The van der Waals surface area contributed by atoms with E-state index in [4.69, 9.17) is 16.6 Å². The zero-order valence-corrected chi connectivity index (χ0v) is 16.6. The van der Waals surface area contributed by atoms with Crippen LogP contribution in [0.4, 0.5) is 5.69 Å². The molecule has 0 fully saturated rings. The third-order valence-electron chi connectivity index (χ3n) is 5.01. The van der Waals surface area contributed by atoms with Crippen LogP contribution in [0.5, 0.6) is 5.75 Å². The van der Waals surface area contributed by atoms with Crippen LogP contribution >= 0.6 is 11.6 Å². The predicted molar refractivity (Wildman–Crippen MR) is 117 cm³/mol. The number of nitrogens with zero attached hydrogens (tertiary/aromatic N) is 1. The van der Waals surface area contributed by atoms with Gasteiger partial charge in [0.1, 0.15) is 11.8 Å². The molecule has 3 aromatic carbocycles. The van der Waals surface area contributed by atoms with E-state index in [1.165, 1.54) is 5.56 Å². The van der Waals surface area contributed by atoms with Crippen molar-refractivity contribution in [2.45, 2.75) is 25.3 Å². The van der Waals surface area contributed by atoms with Gasteiger partial charge in [0, 0.05) is 16.1 Å². The molecule has 4 nitrogen and oxygen atoms in total. The number of rotatable bonds is 5. The van der Waals surface area contributed by atoms with Crippen LogP contribution in [0.3, 0.4) is 0 Å². The average molecular weight is 405 g/mol. The lowest BCUT2D eigenvalue weighted by molar-refractivity contribution is -0.117. The second-order valence-electron chi connectivity index (χ2n) is 7.10. The van der Waals surface area contributed by atoms with Crippen molar-refractivity contribution in [2.24, 2.45) is 4.99 Å². The van der Waals surface area contributed by atoms with E-state index in [9.17, 15) is 9.90 Å². The molecule has 1 aliphatic rings. The van der Waals surface area contributed by atoms with Gasteiger partial charge in [-0.3, -0.25) is 9.79 Å². The summed E-state index contributed by atoms with van der Waals surface area (Å²) in [6, 6.07) is 22.0. The maximum Gasteiger partial charge on any atom is 0.249 e. The van der Waals surface area contributed by atoms with Crippen LogP contribution in [0.25, 0.3) is 0 Å². The van der Waals surface area contributed by atoms with E-state index in [1.54, 1.807) is 36.4 Å². The molecule has 0 bridgehead atoms. The first-order valence-electron chi connectivity index (χ1n) is 9.62. The molecule has 0 spiro atoms. The highest BCUT2D eigenvalue weighted by Crippen LogP contribution is 2.28. The second-order valence-corrected chi connectivity index (χ2v) is 7.53. The van der Waals surface area contributed by atoms with E-state index in [1.807, 2.05) is 24.3 Å². The van der Waals surface area contributed by atoms with Crippen molar-refractivity contribution in [3.63, 3.8) is 0 Å². The number of hydrogen-bond acceptors (Lipinski definition) is 3. The second kappa shape index (κ2) is 8.50. The normalized spacial score (nSPS) is 15.8. The van der Waals surface area contributed by atoms with Gasteiger partial charge in [-0.25, -0.2) is 0 Å². The van der Waals surface area contributed by atoms with Gasteiger partial charge >= 0.3 is 0 Å². The Morgan fingerprint density at radius 1 is 1.00 bits per heavy atom. The van der Waals surface area contributed by atoms with Crippen LogP contribution in [-0.2, 0) is 11.2 Å². The summed E-state index contributed by atoms with van der Waals surface area (Å²) in [5.74, 6) is 0.0679. The molecular weight excluding hydrogens is 384 g/mol. The fraction of sp³-hybridized carbons (Fsp3) is 0.167. The minimum Gasteiger partial charge on any atom is -0.508 e. The molecule has 1 amide bonds. The molecule has 0 aliphatic carbocycles. The number of aromatic hydroxyl groups is 1. The molecule has 146 valence electrons. The molecule has 0 radical (unpaired) electrons. The number of fused-ring (bicyclic) bond motifs is 1. The van der Waals surface area contributed by atoms with Gasteiger partial charge in [0.25, 0.3) is 0 Å². The first-order chi connectivity index (χ1) is 14.1. The van der Waals surface area contributed by atoms with Gasteiger partial charge < -0.3 is 10.4 Å². The van der Waals surface area contributed by atoms with E-state index in [2.05, 4.69) is 17.4 Å². The monoisotopic (exact) mass is 404 g/mol. The van der Waals surface area contributed by atoms with Gasteiger partial charge in [0.2, 0.25) is 5.91 Å². The number of aliphatic imine (C=N–C) groups is 1. The first kappa shape index (κ1) is 19.2. The van der Waals surface area contributed by atoms with E-state index < -0.39 is 6.04 Å². The molecule has 1 heterocycles. The Bertz CT molecular complexity index is 1050. The standard InChI is InChI=1S/C24H21ClN2O2/c25-18-11-14-21-20(15-18)23(17-9-12-19(28)13-10-17)26-22(24(29)27-21)8-4-7-16-5-2-1-3-6-16/h1-3,5-6,9-15,22,28H,4,7-8H2,(H,27,29). The van der Waals surface area contributed by atoms with Crippen molar-refractivity contribution in [1.82, 2.24) is 0 Å². The smallest absolute Gasteiger partial charge is 0.249 e. The maximum atomic E-state index is 12.8. The number of nitrogens with one attached hydrogen (secondary N) is 1. The van der Waals surface area contributed by atoms with Crippen LogP contribution in [-0.4, -0.2) is 22.8 Å². The average Bonchev–Trinajstić information content (AvgIpc) is 2.86. The third-order valence-corrected chi connectivity index (χ3v) is 5.24. The summed E-state index contributed by atoms with van der Waals surface area (Å²) in [5.41, 5.74) is 4.25. The van der Waals surface area contributed by atoms with Crippen LogP contribution in [0.15, 0.2) is 77.8 Å². The molecule has 5 heteroatoms. The molecule has 2 N–H and O–H groups in total. The van der Waals surface area contributed by atoms with Gasteiger partial charge in [0.15, 0.2) is 0 Å². The summed E-state index contributed by atoms with van der Waals surface area (Å²) in [5, 5.41) is 13.2. The number of phenols is 1. The lowest BCUT2D eigenvalue weighted by atomic mass is 10.00. The number of carbonyl (C=O) groups is 1. The highest BCUT2D eigenvalue weighted by Gasteiger charge is 2.25. The van der Waals surface area contributed by atoms with Crippen LogP contribution < -0.4 is 5.32 Å². The summed E-state index contributed by atoms with van der Waals surface area (Å²) in [7, 11) is 0. The Morgan fingerprint density at radius 2 is 1.76 bits per heavy atom. The topological polar surface area (TPSA) is 61.7 Å². The van der Waals surface area contributed by atoms with E-state index in [0.29, 0.717) is 22.8 Å². The van der Waals surface area contributed by atoms with Crippen LogP contribution in [0.1, 0.15) is 29.5 Å². The summed E-state index contributed by atoms with van der Waals surface area (Å²) < 4.78 is 0. The number of amides is 1. The predicted octanol–water partition coefficient (Wildman–Crippen LogP) is 5.23. The maximum absolute atomic E-state index is 12.8. The molecule has 3 aromatic rings. The van der Waals surface area contributed by atoms with Gasteiger partial charge in [0.05, 0.1) is 11.4 Å². The summed E-state index contributed by atoms with van der Waals surface area (Å²) in [6.45, 7) is 0. The van der Waals surface area contributed by atoms with Crippen molar-refractivity contribution in [3.8, 4) is 5.75 Å². The molecular formula is C24H21ClN2O2. The SMILES string of the molecule is O=C1Nc2ccc(Cl)cc2C(c2ccc(O)cc2)=NC1CCCc1ccccc1. The van der Waals surface area contributed by atoms with Crippen molar-refractivity contribution < 1.29 is 9.90 Å². The van der Waals surface area contributed by atoms with Gasteiger partial charge in [-0.15, -0.1) is 0 Å². The lowest BCUT2D eigenvalue weighted by Crippen LogP contribution is -2.25. The molecule has 4 rings (SSSR count). The van der Waals surface area contributed by atoms with E-state index >= 15 is 0 Å². The number of benzene rings is 3. The number of aryl methyl sites for hydroxylation is 1. The van der Waals surface area contributed by atoms with Gasteiger partial charge in [-0.05, 0) is 67.3 Å². The number of phenolic OH excluding ortho intramolecular Hbond substituents is 1. The van der Waals surface area contributed by atoms with Gasteiger partial charge in [-0.2, -0.15) is 0 Å². The summed E-state index contributed by atoms with van der Waals surface area (Å²) in [4.78, 5) is 17.7. The molecule has 1 unspecified atom stereocenters. The minimum atomic E-state index is -0.492. The Labute approximate surface area is 174 Å². The molecule has 0 saturated carbocycles. The number of carbonyl (C=O) groups excluding carboxylic acids is 1. The highest BCUT2D eigenvalue weighted by atomic mass is 35.5. The number of halogens is 1. The molecule has 0 aromatic heterocycles. The van der Waals surface area contributed by atoms with Crippen molar-refractivity contribution in [2.75, 3.05) is 5.32 Å². The fourth-order valence-electron chi connectivity index (χ4n) is 3.51. The lowest BCUT2D eigenvalue weighted by Gasteiger charge is -2.11. The molecule has 1 aliphatic heterocycles. The molecule has 29 heavy (non-hydrogen) atoms. The summed E-state index contributed by atoms with van der Waals surface area (Å²) >= 11 is 6.22. The number of anilines is 1. The van der Waals surface area contributed by atoms with Gasteiger partial charge in [-0.1, -0.05) is 41.9 Å². The van der Waals surface area contributed by atoms with Crippen LogP contribution in [0.2, 0.25) is 5.02 Å². The molecule has 0 saturated heterocycles. The summed E-state index contributed by atoms with van der Waals surface area (Å²) in [6.07, 6.45) is 2.39. The van der Waals surface area contributed by atoms with E-state index in [-0.39, 0.29) is 11.7 Å². The Balaban J connectivity index is 1.65.